The molecule has 2 rings (SSSR count). The lowest BCUT2D eigenvalue weighted by atomic mass is 10.3. The molecule has 0 spiro atoms. The zero-order chi connectivity index (χ0) is 20.6. The van der Waals surface area contributed by atoms with Crippen LogP contribution in [0.25, 0.3) is 0 Å². The van der Waals surface area contributed by atoms with Crippen molar-refractivity contribution in [1.29, 1.82) is 0 Å². The molecule has 0 amide bonds. The van der Waals surface area contributed by atoms with E-state index in [1.807, 2.05) is 24.6 Å². The van der Waals surface area contributed by atoms with E-state index in [2.05, 4.69) is 30.4 Å². The lowest BCUT2D eigenvalue weighted by molar-refractivity contribution is -0.154. The molecule has 0 saturated heterocycles. The Labute approximate surface area is 162 Å². The van der Waals surface area contributed by atoms with Gasteiger partial charge in [0.2, 0.25) is 5.88 Å². The Balaban J connectivity index is 1.70. The van der Waals surface area contributed by atoms with E-state index in [-0.39, 0.29) is 5.88 Å². The molecule has 0 aromatic carbocycles. The zero-order valence-electron chi connectivity index (χ0n) is 16.2. The third kappa shape index (κ3) is 7.45. The summed E-state index contributed by atoms with van der Waals surface area (Å²) < 4.78 is 42.9. The zero-order valence-corrected chi connectivity index (χ0v) is 16.2. The van der Waals surface area contributed by atoms with E-state index in [0.717, 1.165) is 36.5 Å². The Morgan fingerprint density at radius 2 is 2.04 bits per heavy atom. The summed E-state index contributed by atoms with van der Waals surface area (Å²) in [6.07, 6.45) is -2.03. The maximum atomic E-state index is 12.1. The molecule has 2 N–H and O–H groups in total. The van der Waals surface area contributed by atoms with Crippen molar-refractivity contribution in [2.75, 3.05) is 20.2 Å². The highest BCUT2D eigenvalue weighted by atomic mass is 19.4. The van der Waals surface area contributed by atoms with Crippen molar-refractivity contribution in [3.63, 3.8) is 0 Å². The van der Waals surface area contributed by atoms with E-state index in [1.165, 1.54) is 12.3 Å². The van der Waals surface area contributed by atoms with E-state index in [0.29, 0.717) is 12.5 Å². The number of pyridine rings is 1. The van der Waals surface area contributed by atoms with Crippen LogP contribution in [0, 0.1) is 13.8 Å². The Morgan fingerprint density at radius 3 is 2.61 bits per heavy atom. The predicted molar refractivity (Wildman–Crippen MR) is 100 cm³/mol. The predicted octanol–water partition coefficient (Wildman–Crippen LogP) is 2.59. The largest absolute Gasteiger partial charge is 0.468 e. The molecule has 2 heterocycles. The minimum absolute atomic E-state index is 0.0623. The number of rotatable bonds is 8. The Hall–Kier alpha value is -2.78. The molecule has 0 fully saturated rings. The first kappa shape index (κ1) is 21.5. The minimum Gasteiger partial charge on any atom is -0.468 e. The molecule has 0 aliphatic carbocycles. The number of hydrogen-bond acceptors (Lipinski definition) is 4. The molecule has 154 valence electrons. The molecule has 0 atom stereocenters. The van der Waals surface area contributed by atoms with Gasteiger partial charge in [0.15, 0.2) is 12.6 Å². The van der Waals surface area contributed by atoms with Crippen molar-refractivity contribution in [3.8, 4) is 5.88 Å². The molecule has 0 bridgehead atoms. The normalized spacial score (nSPS) is 12.1. The average Bonchev–Trinajstić information content (AvgIpc) is 2.97. The lowest BCUT2D eigenvalue weighted by Crippen LogP contribution is -2.37. The molecule has 7 nitrogen and oxygen atoms in total. The van der Waals surface area contributed by atoms with Gasteiger partial charge in [-0.2, -0.15) is 18.3 Å². The Bertz CT molecular complexity index is 771. The number of halogens is 3. The topological polar surface area (TPSA) is 76.4 Å². The van der Waals surface area contributed by atoms with E-state index >= 15 is 0 Å². The van der Waals surface area contributed by atoms with E-state index < -0.39 is 12.8 Å². The molecule has 0 saturated carbocycles. The molecule has 28 heavy (non-hydrogen) atoms. The van der Waals surface area contributed by atoms with E-state index in [9.17, 15) is 13.2 Å². The highest BCUT2D eigenvalue weighted by Crippen LogP contribution is 2.17. The molecule has 0 radical (unpaired) electrons. The fourth-order valence-corrected chi connectivity index (χ4v) is 2.50. The monoisotopic (exact) mass is 398 g/mol. The SMILES string of the molecule is CN=C(NCCCn1nc(C)cc1C)NCc1ccc(OCC(F)(F)F)nc1. The summed E-state index contributed by atoms with van der Waals surface area (Å²) in [5.74, 6) is 0.568. The number of aromatic nitrogens is 3. The van der Waals surface area contributed by atoms with Gasteiger partial charge in [-0.05, 0) is 31.9 Å². The van der Waals surface area contributed by atoms with Gasteiger partial charge in [0, 0.05) is 44.6 Å². The molecule has 10 heteroatoms. The van der Waals surface area contributed by atoms with Gasteiger partial charge in [-0.1, -0.05) is 6.07 Å². The number of guanidine groups is 1. The van der Waals surface area contributed by atoms with Crippen molar-refractivity contribution in [1.82, 2.24) is 25.4 Å². The van der Waals surface area contributed by atoms with Crippen molar-refractivity contribution in [3.05, 3.63) is 41.3 Å². The first-order chi connectivity index (χ1) is 13.3. The van der Waals surface area contributed by atoms with Gasteiger partial charge < -0.3 is 15.4 Å². The van der Waals surface area contributed by atoms with Crippen molar-refractivity contribution >= 4 is 5.96 Å². The fourth-order valence-electron chi connectivity index (χ4n) is 2.50. The summed E-state index contributed by atoms with van der Waals surface area (Å²) in [4.78, 5) is 8.02. The number of alkyl halides is 3. The molecular formula is C18H25F3N6O. The van der Waals surface area contributed by atoms with Gasteiger partial charge in [-0.3, -0.25) is 9.67 Å². The number of ether oxygens (including phenoxy) is 1. The van der Waals surface area contributed by atoms with Gasteiger partial charge in [-0.25, -0.2) is 4.98 Å². The summed E-state index contributed by atoms with van der Waals surface area (Å²) in [7, 11) is 1.67. The second-order valence-corrected chi connectivity index (χ2v) is 6.26. The van der Waals surface area contributed by atoms with Gasteiger partial charge in [0.1, 0.15) is 0 Å². The van der Waals surface area contributed by atoms with Crippen molar-refractivity contribution in [2.24, 2.45) is 4.99 Å². The summed E-state index contributed by atoms with van der Waals surface area (Å²) in [5, 5.41) is 10.8. The molecule has 2 aromatic heterocycles. The van der Waals surface area contributed by atoms with Crippen LogP contribution in [-0.2, 0) is 13.1 Å². The third-order valence-corrected chi connectivity index (χ3v) is 3.81. The lowest BCUT2D eigenvalue weighted by Gasteiger charge is -2.12. The number of aryl methyl sites for hydroxylation is 3. The third-order valence-electron chi connectivity index (χ3n) is 3.81. The van der Waals surface area contributed by atoms with Crippen LogP contribution < -0.4 is 15.4 Å². The summed E-state index contributed by atoms with van der Waals surface area (Å²) >= 11 is 0. The average molecular weight is 398 g/mol. The Morgan fingerprint density at radius 1 is 1.25 bits per heavy atom. The van der Waals surface area contributed by atoms with E-state index in [4.69, 9.17) is 0 Å². The minimum atomic E-state index is -4.38. The molecular weight excluding hydrogens is 373 g/mol. The second-order valence-electron chi connectivity index (χ2n) is 6.26. The number of nitrogens with one attached hydrogen (secondary N) is 2. The summed E-state index contributed by atoms with van der Waals surface area (Å²) in [6, 6.07) is 5.11. The summed E-state index contributed by atoms with van der Waals surface area (Å²) in [6.45, 7) is 4.61. The number of aliphatic imine (C=N–C) groups is 1. The van der Waals surface area contributed by atoms with Gasteiger partial charge in [0.05, 0.1) is 5.69 Å². The van der Waals surface area contributed by atoms with Crippen LogP contribution in [0.5, 0.6) is 5.88 Å². The second kappa shape index (κ2) is 9.95. The van der Waals surface area contributed by atoms with Gasteiger partial charge >= 0.3 is 6.18 Å². The highest BCUT2D eigenvalue weighted by molar-refractivity contribution is 5.79. The summed E-state index contributed by atoms with van der Waals surface area (Å²) in [5.41, 5.74) is 2.94. The standard InChI is InChI=1S/C18H25F3N6O/c1-13-9-14(2)27(26-13)8-4-7-23-17(22-3)25-11-15-5-6-16(24-10-15)28-12-18(19,20)21/h5-6,9-10H,4,7-8,11-12H2,1-3H3,(H2,22,23,25). The maximum absolute atomic E-state index is 12.1. The maximum Gasteiger partial charge on any atom is 0.422 e. The number of nitrogens with zero attached hydrogens (tertiary/aromatic N) is 4. The highest BCUT2D eigenvalue weighted by Gasteiger charge is 2.28. The van der Waals surface area contributed by atoms with Crippen LogP contribution in [0.3, 0.4) is 0 Å². The van der Waals surface area contributed by atoms with Crippen molar-refractivity contribution < 1.29 is 17.9 Å². The van der Waals surface area contributed by atoms with E-state index in [1.54, 1.807) is 13.1 Å². The van der Waals surface area contributed by atoms with Gasteiger partial charge in [-0.15, -0.1) is 0 Å². The van der Waals surface area contributed by atoms with Crippen LogP contribution in [-0.4, -0.2) is 47.1 Å². The van der Waals surface area contributed by atoms with Crippen LogP contribution in [0.1, 0.15) is 23.4 Å². The number of hydrogen-bond donors (Lipinski definition) is 2. The fraction of sp³-hybridized carbons (Fsp3) is 0.500. The van der Waals surface area contributed by atoms with Crippen LogP contribution in [0.2, 0.25) is 0 Å². The molecule has 2 aromatic rings. The van der Waals surface area contributed by atoms with Crippen molar-refractivity contribution in [2.45, 2.75) is 39.5 Å². The van der Waals surface area contributed by atoms with Crippen LogP contribution >= 0.6 is 0 Å². The molecule has 0 aliphatic heterocycles. The van der Waals surface area contributed by atoms with Crippen LogP contribution in [0.15, 0.2) is 29.4 Å². The molecule has 0 aliphatic rings. The van der Waals surface area contributed by atoms with Crippen LogP contribution in [0.4, 0.5) is 13.2 Å². The molecule has 0 unspecified atom stereocenters. The van der Waals surface area contributed by atoms with Gasteiger partial charge in [0.25, 0.3) is 0 Å². The first-order valence-corrected chi connectivity index (χ1v) is 8.87. The quantitative estimate of drug-likeness (QED) is 0.406. The first-order valence-electron chi connectivity index (χ1n) is 8.87. The smallest absolute Gasteiger partial charge is 0.422 e. The Kier molecular flexibility index (Phi) is 7.65.